The number of furan rings is 1. The summed E-state index contributed by atoms with van der Waals surface area (Å²) in [5.41, 5.74) is 0.782. The molecule has 0 saturated carbocycles. The van der Waals surface area contributed by atoms with Gasteiger partial charge < -0.3 is 13.7 Å². The van der Waals surface area contributed by atoms with Gasteiger partial charge in [0.2, 0.25) is 11.8 Å². The van der Waals surface area contributed by atoms with Crippen molar-refractivity contribution >= 4 is 23.3 Å². The van der Waals surface area contributed by atoms with Crippen LogP contribution in [0, 0.1) is 0 Å². The van der Waals surface area contributed by atoms with Gasteiger partial charge in [-0.25, -0.2) is 0 Å². The molecule has 7 heteroatoms. The van der Waals surface area contributed by atoms with Crippen molar-refractivity contribution < 1.29 is 13.6 Å². The monoisotopic (exact) mass is 355 g/mol. The number of likely N-dealkylation sites (tertiary alicyclic amines) is 1. The molecular weight excluding hydrogens is 338 g/mol. The van der Waals surface area contributed by atoms with Crippen molar-refractivity contribution in [1.82, 2.24) is 15.1 Å². The van der Waals surface area contributed by atoms with E-state index in [0.29, 0.717) is 24.9 Å². The van der Waals surface area contributed by atoms with Gasteiger partial charge in [0.05, 0.1) is 11.8 Å². The van der Waals surface area contributed by atoms with Gasteiger partial charge in [0.1, 0.15) is 6.26 Å². The Bertz CT molecular complexity index is 844. The highest BCUT2D eigenvalue weighted by Gasteiger charge is 2.26. The van der Waals surface area contributed by atoms with Crippen molar-refractivity contribution in [3.8, 4) is 11.5 Å². The Balaban J connectivity index is 1.34. The molecule has 0 radical (unpaired) electrons. The van der Waals surface area contributed by atoms with Crippen LogP contribution in [0.5, 0.6) is 0 Å². The number of thiophene rings is 1. The molecule has 0 spiro atoms. The molecule has 4 heterocycles. The fraction of sp³-hybridized carbons (Fsp3) is 0.278. The van der Waals surface area contributed by atoms with Crippen LogP contribution < -0.4 is 0 Å². The minimum atomic E-state index is 0.0523. The molecule has 25 heavy (non-hydrogen) atoms. The number of carbonyl (C=O) groups is 1. The summed E-state index contributed by atoms with van der Waals surface area (Å²) in [5, 5.41) is 10.2. The number of amides is 1. The number of hydrogen-bond donors (Lipinski definition) is 0. The molecule has 3 aromatic rings. The van der Waals surface area contributed by atoms with Crippen molar-refractivity contribution in [2.45, 2.75) is 18.8 Å². The standard InChI is InChI=1S/C18H17N3O3S/c22-16(4-3-15-2-1-11-25-15)21-8-5-13(6-9-21)17-19-20-18(24-17)14-7-10-23-12-14/h1-4,7,10-13H,5-6,8-9H2. The fourth-order valence-corrected chi connectivity index (χ4v) is 3.51. The molecule has 4 rings (SSSR count). The van der Waals surface area contributed by atoms with E-state index in [2.05, 4.69) is 10.2 Å². The summed E-state index contributed by atoms with van der Waals surface area (Å²) >= 11 is 1.62. The van der Waals surface area contributed by atoms with Gasteiger partial charge in [0, 0.05) is 30.0 Å². The molecule has 0 N–H and O–H groups in total. The van der Waals surface area contributed by atoms with Crippen molar-refractivity contribution in [2.24, 2.45) is 0 Å². The predicted molar refractivity (Wildman–Crippen MR) is 93.9 cm³/mol. The molecule has 1 aliphatic rings. The molecule has 1 fully saturated rings. The third-order valence-corrected chi connectivity index (χ3v) is 5.14. The summed E-state index contributed by atoms with van der Waals surface area (Å²) < 4.78 is 10.8. The van der Waals surface area contributed by atoms with E-state index in [1.807, 2.05) is 28.5 Å². The Morgan fingerprint density at radius 1 is 1.28 bits per heavy atom. The van der Waals surface area contributed by atoms with E-state index >= 15 is 0 Å². The zero-order chi connectivity index (χ0) is 17.1. The first-order valence-corrected chi connectivity index (χ1v) is 9.04. The highest BCUT2D eigenvalue weighted by molar-refractivity contribution is 7.10. The first-order valence-electron chi connectivity index (χ1n) is 8.16. The number of aromatic nitrogens is 2. The Labute approximate surface area is 148 Å². The quantitative estimate of drug-likeness (QED) is 0.666. The number of rotatable bonds is 4. The van der Waals surface area contributed by atoms with Crippen molar-refractivity contribution in [1.29, 1.82) is 0 Å². The molecule has 0 aromatic carbocycles. The average Bonchev–Trinajstić information content (AvgIpc) is 3.42. The molecule has 6 nitrogen and oxygen atoms in total. The van der Waals surface area contributed by atoms with Gasteiger partial charge in [-0.15, -0.1) is 21.5 Å². The maximum atomic E-state index is 12.3. The summed E-state index contributed by atoms with van der Waals surface area (Å²) in [6.07, 6.45) is 8.33. The molecule has 128 valence electrons. The van der Waals surface area contributed by atoms with Crippen LogP contribution in [0.15, 0.2) is 51.0 Å². The first-order chi connectivity index (χ1) is 12.3. The summed E-state index contributed by atoms with van der Waals surface area (Å²) in [6.45, 7) is 1.39. The highest BCUT2D eigenvalue weighted by atomic mass is 32.1. The van der Waals surface area contributed by atoms with E-state index in [4.69, 9.17) is 8.83 Å². The van der Waals surface area contributed by atoms with E-state index in [-0.39, 0.29) is 11.8 Å². The SMILES string of the molecule is O=C(C=Cc1cccs1)N1CCC(c2nnc(-c3ccoc3)o2)CC1. The minimum absolute atomic E-state index is 0.0523. The topological polar surface area (TPSA) is 72.4 Å². The summed E-state index contributed by atoms with van der Waals surface area (Å²) in [5.74, 6) is 1.36. The van der Waals surface area contributed by atoms with Gasteiger partial charge in [-0.1, -0.05) is 6.07 Å². The van der Waals surface area contributed by atoms with E-state index in [1.54, 1.807) is 36.0 Å². The van der Waals surface area contributed by atoms with E-state index in [0.717, 1.165) is 23.3 Å². The molecular formula is C18H17N3O3S. The zero-order valence-corrected chi connectivity index (χ0v) is 14.3. The van der Waals surface area contributed by atoms with Gasteiger partial charge in [-0.3, -0.25) is 4.79 Å². The molecule has 0 unspecified atom stereocenters. The van der Waals surface area contributed by atoms with Crippen LogP contribution in [-0.4, -0.2) is 34.1 Å². The molecule has 1 saturated heterocycles. The number of nitrogens with zero attached hydrogens (tertiary/aromatic N) is 3. The number of piperidine rings is 1. The predicted octanol–water partition coefficient (Wildman–Crippen LogP) is 3.81. The number of carbonyl (C=O) groups excluding carboxylic acids is 1. The lowest BCUT2D eigenvalue weighted by molar-refractivity contribution is -0.127. The minimum Gasteiger partial charge on any atom is -0.472 e. The molecule has 0 atom stereocenters. The second kappa shape index (κ2) is 7.06. The van der Waals surface area contributed by atoms with E-state index in [9.17, 15) is 4.79 Å². The van der Waals surface area contributed by atoms with Gasteiger partial charge in [0.25, 0.3) is 5.89 Å². The van der Waals surface area contributed by atoms with Gasteiger partial charge in [0.15, 0.2) is 0 Å². The first kappa shape index (κ1) is 15.8. The summed E-state index contributed by atoms with van der Waals surface area (Å²) in [7, 11) is 0. The molecule has 3 aromatic heterocycles. The lowest BCUT2D eigenvalue weighted by atomic mass is 9.97. The molecule has 0 bridgehead atoms. The van der Waals surface area contributed by atoms with Crippen LogP contribution in [0.4, 0.5) is 0 Å². The summed E-state index contributed by atoms with van der Waals surface area (Å²) in [6, 6.07) is 5.76. The lowest BCUT2D eigenvalue weighted by Crippen LogP contribution is -2.36. The number of hydrogen-bond acceptors (Lipinski definition) is 6. The molecule has 1 amide bonds. The molecule has 0 aliphatic carbocycles. The smallest absolute Gasteiger partial charge is 0.250 e. The van der Waals surface area contributed by atoms with Crippen molar-refractivity contribution in [3.05, 3.63) is 52.9 Å². The zero-order valence-electron chi connectivity index (χ0n) is 13.5. The van der Waals surface area contributed by atoms with E-state index in [1.165, 1.54) is 0 Å². The van der Waals surface area contributed by atoms with Crippen LogP contribution in [0.2, 0.25) is 0 Å². The Morgan fingerprint density at radius 2 is 2.16 bits per heavy atom. The van der Waals surface area contributed by atoms with Crippen LogP contribution in [0.1, 0.15) is 29.5 Å². The van der Waals surface area contributed by atoms with Crippen LogP contribution >= 0.6 is 11.3 Å². The maximum Gasteiger partial charge on any atom is 0.250 e. The largest absolute Gasteiger partial charge is 0.472 e. The van der Waals surface area contributed by atoms with Gasteiger partial charge >= 0.3 is 0 Å². The Kier molecular flexibility index (Phi) is 4.47. The maximum absolute atomic E-state index is 12.3. The van der Waals surface area contributed by atoms with Crippen LogP contribution in [0.3, 0.4) is 0 Å². The highest BCUT2D eigenvalue weighted by Crippen LogP contribution is 2.29. The lowest BCUT2D eigenvalue weighted by Gasteiger charge is -2.29. The normalized spacial score (nSPS) is 15.9. The summed E-state index contributed by atoms with van der Waals surface area (Å²) in [4.78, 5) is 15.2. The van der Waals surface area contributed by atoms with Gasteiger partial charge in [-0.2, -0.15) is 0 Å². The Hall–Kier alpha value is -2.67. The third kappa shape index (κ3) is 3.56. The van der Waals surface area contributed by atoms with Crippen LogP contribution in [-0.2, 0) is 4.79 Å². The third-order valence-electron chi connectivity index (χ3n) is 4.30. The van der Waals surface area contributed by atoms with E-state index < -0.39 is 0 Å². The Morgan fingerprint density at radius 3 is 2.88 bits per heavy atom. The second-order valence-electron chi connectivity index (χ2n) is 5.91. The molecule has 1 aliphatic heterocycles. The van der Waals surface area contributed by atoms with Crippen molar-refractivity contribution in [2.75, 3.05) is 13.1 Å². The average molecular weight is 355 g/mol. The van der Waals surface area contributed by atoms with Crippen molar-refractivity contribution in [3.63, 3.8) is 0 Å². The van der Waals surface area contributed by atoms with Crippen LogP contribution in [0.25, 0.3) is 17.5 Å². The second-order valence-corrected chi connectivity index (χ2v) is 6.89. The van der Waals surface area contributed by atoms with Gasteiger partial charge in [-0.05, 0) is 36.4 Å². The fourth-order valence-electron chi connectivity index (χ4n) is 2.89.